The number of hydrogen-bond acceptors (Lipinski definition) is 2. The second-order valence-corrected chi connectivity index (χ2v) is 5.20. The van der Waals surface area contributed by atoms with Crippen molar-refractivity contribution < 1.29 is 4.74 Å². The third kappa shape index (κ3) is 2.04. The van der Waals surface area contributed by atoms with Crippen molar-refractivity contribution in [2.24, 2.45) is 5.41 Å². The van der Waals surface area contributed by atoms with Crippen molar-refractivity contribution in [3.63, 3.8) is 0 Å². The largest absolute Gasteiger partial charge is 0.496 e. The van der Waals surface area contributed by atoms with Gasteiger partial charge in [0.2, 0.25) is 0 Å². The van der Waals surface area contributed by atoms with Crippen LogP contribution in [0.25, 0.3) is 0 Å². The highest BCUT2D eigenvalue weighted by molar-refractivity contribution is 6.30. The Morgan fingerprint density at radius 3 is 2.62 bits per heavy atom. The summed E-state index contributed by atoms with van der Waals surface area (Å²) in [5, 5.41) is 4.15. The predicted molar refractivity (Wildman–Crippen MR) is 67.1 cm³/mol. The Morgan fingerprint density at radius 1 is 1.44 bits per heavy atom. The van der Waals surface area contributed by atoms with E-state index in [1.807, 2.05) is 25.2 Å². The lowest BCUT2D eigenvalue weighted by molar-refractivity contribution is 0.358. The van der Waals surface area contributed by atoms with Crippen LogP contribution in [0.3, 0.4) is 0 Å². The second-order valence-electron chi connectivity index (χ2n) is 4.76. The van der Waals surface area contributed by atoms with E-state index in [1.165, 1.54) is 12.8 Å². The molecule has 0 aromatic heterocycles. The highest BCUT2D eigenvalue weighted by Gasteiger charge is 2.45. The fourth-order valence-corrected chi connectivity index (χ4v) is 2.48. The van der Waals surface area contributed by atoms with Gasteiger partial charge < -0.3 is 10.1 Å². The molecule has 2 rings (SSSR count). The molecule has 0 aliphatic heterocycles. The van der Waals surface area contributed by atoms with Crippen LogP contribution in [-0.2, 0) is 0 Å². The van der Waals surface area contributed by atoms with Gasteiger partial charge in [-0.3, -0.25) is 0 Å². The van der Waals surface area contributed by atoms with Crippen LogP contribution in [0.5, 0.6) is 5.75 Å². The molecule has 3 heteroatoms. The predicted octanol–water partition coefficient (Wildman–Crippen LogP) is 3.41. The van der Waals surface area contributed by atoms with Gasteiger partial charge in [0.05, 0.1) is 7.11 Å². The van der Waals surface area contributed by atoms with Crippen LogP contribution in [0.2, 0.25) is 5.02 Å². The van der Waals surface area contributed by atoms with Gasteiger partial charge in [0.15, 0.2) is 0 Å². The summed E-state index contributed by atoms with van der Waals surface area (Å²) < 4.78 is 5.41. The normalized spacial score (nSPS) is 19.2. The van der Waals surface area contributed by atoms with Crippen LogP contribution in [0.15, 0.2) is 18.2 Å². The van der Waals surface area contributed by atoms with Crippen LogP contribution < -0.4 is 10.1 Å². The molecule has 1 atom stereocenters. The zero-order valence-electron chi connectivity index (χ0n) is 10.0. The Hall–Kier alpha value is -0.730. The molecule has 0 heterocycles. The Morgan fingerprint density at radius 2 is 2.12 bits per heavy atom. The van der Waals surface area contributed by atoms with Gasteiger partial charge in [-0.05, 0) is 43.5 Å². The molecule has 1 N–H and O–H groups in total. The van der Waals surface area contributed by atoms with Gasteiger partial charge in [-0.2, -0.15) is 0 Å². The molecule has 0 saturated heterocycles. The maximum Gasteiger partial charge on any atom is 0.123 e. The van der Waals surface area contributed by atoms with E-state index >= 15 is 0 Å². The van der Waals surface area contributed by atoms with Crippen LogP contribution >= 0.6 is 11.6 Å². The summed E-state index contributed by atoms with van der Waals surface area (Å²) in [5.41, 5.74) is 1.52. The van der Waals surface area contributed by atoms with Crippen molar-refractivity contribution >= 4 is 11.6 Å². The number of halogens is 1. The van der Waals surface area contributed by atoms with Gasteiger partial charge in [0.1, 0.15) is 5.75 Å². The third-order valence-electron chi connectivity index (χ3n) is 3.53. The van der Waals surface area contributed by atoms with Gasteiger partial charge in [-0.25, -0.2) is 0 Å². The monoisotopic (exact) mass is 239 g/mol. The maximum atomic E-state index is 6.06. The summed E-state index contributed by atoms with van der Waals surface area (Å²) in [7, 11) is 3.70. The molecule has 16 heavy (non-hydrogen) atoms. The van der Waals surface area contributed by atoms with E-state index < -0.39 is 0 Å². The number of methoxy groups -OCH3 is 1. The molecule has 2 nitrogen and oxygen atoms in total. The first kappa shape index (κ1) is 11.7. The summed E-state index contributed by atoms with van der Waals surface area (Å²) in [5.74, 6) is 0.914. The second kappa shape index (κ2) is 4.27. The summed E-state index contributed by atoms with van der Waals surface area (Å²) in [6.07, 6.45) is 2.52. The molecule has 88 valence electrons. The highest BCUT2D eigenvalue weighted by Crippen LogP contribution is 2.55. The van der Waals surface area contributed by atoms with Crippen molar-refractivity contribution in [2.45, 2.75) is 25.8 Å². The molecule has 0 spiro atoms. The molecule has 1 fully saturated rings. The van der Waals surface area contributed by atoms with Crippen LogP contribution in [0.1, 0.15) is 31.4 Å². The highest BCUT2D eigenvalue weighted by atomic mass is 35.5. The average Bonchev–Trinajstić information content (AvgIpc) is 2.98. The molecule has 1 aliphatic carbocycles. The first-order valence-electron chi connectivity index (χ1n) is 5.61. The van der Waals surface area contributed by atoms with E-state index in [0.717, 1.165) is 16.3 Å². The van der Waals surface area contributed by atoms with Crippen LogP contribution in [0.4, 0.5) is 0 Å². The zero-order valence-corrected chi connectivity index (χ0v) is 10.8. The Balaban J connectivity index is 2.40. The molecule has 1 unspecified atom stereocenters. The molecular weight excluding hydrogens is 222 g/mol. The van der Waals surface area contributed by atoms with Gasteiger partial charge in [-0.1, -0.05) is 18.5 Å². The molecule has 1 aliphatic rings. The molecule has 0 bridgehead atoms. The first-order chi connectivity index (χ1) is 7.60. The quantitative estimate of drug-likeness (QED) is 0.870. The SMILES string of the molecule is CNC(c1cc(Cl)ccc1OC)C1(C)CC1. The van der Waals surface area contributed by atoms with E-state index in [0.29, 0.717) is 11.5 Å². The topological polar surface area (TPSA) is 21.3 Å². The van der Waals surface area contributed by atoms with E-state index in [2.05, 4.69) is 12.2 Å². The number of ether oxygens (including phenoxy) is 1. The van der Waals surface area contributed by atoms with E-state index in [-0.39, 0.29) is 0 Å². The smallest absolute Gasteiger partial charge is 0.123 e. The molecule has 1 saturated carbocycles. The van der Waals surface area contributed by atoms with Gasteiger partial charge >= 0.3 is 0 Å². The summed E-state index contributed by atoms with van der Waals surface area (Å²) >= 11 is 6.06. The van der Waals surface area contributed by atoms with Crippen molar-refractivity contribution in [3.05, 3.63) is 28.8 Å². The molecule has 0 amide bonds. The fraction of sp³-hybridized carbons (Fsp3) is 0.538. The van der Waals surface area contributed by atoms with Crippen molar-refractivity contribution in [2.75, 3.05) is 14.2 Å². The minimum atomic E-state index is 0.321. The van der Waals surface area contributed by atoms with Crippen molar-refractivity contribution in [1.29, 1.82) is 0 Å². The Kier molecular flexibility index (Phi) is 3.13. The molecule has 1 aromatic rings. The first-order valence-corrected chi connectivity index (χ1v) is 5.99. The summed E-state index contributed by atoms with van der Waals surface area (Å²) in [4.78, 5) is 0. The maximum absolute atomic E-state index is 6.06. The number of nitrogens with one attached hydrogen (secondary N) is 1. The van der Waals surface area contributed by atoms with Crippen molar-refractivity contribution in [3.8, 4) is 5.75 Å². The summed E-state index contributed by atoms with van der Waals surface area (Å²) in [6, 6.07) is 6.13. The number of benzene rings is 1. The minimum absolute atomic E-state index is 0.321. The number of rotatable bonds is 4. The van der Waals surface area contributed by atoms with E-state index in [1.54, 1.807) is 7.11 Å². The Labute approximate surface area is 102 Å². The lowest BCUT2D eigenvalue weighted by Crippen LogP contribution is -2.25. The summed E-state index contributed by atoms with van der Waals surface area (Å²) in [6.45, 7) is 2.30. The van der Waals surface area contributed by atoms with E-state index in [4.69, 9.17) is 16.3 Å². The lowest BCUT2D eigenvalue weighted by Gasteiger charge is -2.25. The van der Waals surface area contributed by atoms with E-state index in [9.17, 15) is 0 Å². The van der Waals surface area contributed by atoms with Gasteiger partial charge in [0.25, 0.3) is 0 Å². The Bertz CT molecular complexity index is 388. The third-order valence-corrected chi connectivity index (χ3v) is 3.76. The van der Waals surface area contributed by atoms with Gasteiger partial charge in [-0.15, -0.1) is 0 Å². The average molecular weight is 240 g/mol. The lowest BCUT2D eigenvalue weighted by atomic mass is 9.91. The van der Waals surface area contributed by atoms with Crippen LogP contribution in [0, 0.1) is 5.41 Å². The van der Waals surface area contributed by atoms with Gasteiger partial charge in [0, 0.05) is 16.6 Å². The minimum Gasteiger partial charge on any atom is -0.496 e. The fourth-order valence-electron chi connectivity index (χ4n) is 2.30. The van der Waals surface area contributed by atoms with Crippen LogP contribution in [-0.4, -0.2) is 14.2 Å². The zero-order chi connectivity index (χ0) is 11.8. The molecule has 1 aromatic carbocycles. The molecule has 0 radical (unpaired) electrons. The number of hydrogen-bond donors (Lipinski definition) is 1. The van der Waals surface area contributed by atoms with Crippen molar-refractivity contribution in [1.82, 2.24) is 5.32 Å². The standard InChI is InChI=1S/C13H18ClNO/c1-13(6-7-13)12(15-2)10-8-9(14)4-5-11(10)16-3/h4-5,8,12,15H,6-7H2,1-3H3. The molecular formula is C13H18ClNO.